The number of carboxylic acid groups (broad SMARTS) is 1. The number of aromatic nitrogens is 2. The van der Waals surface area contributed by atoms with Crippen molar-refractivity contribution in [2.45, 2.75) is 13.5 Å². The Kier molecular flexibility index (Phi) is 3.85. The Morgan fingerprint density at radius 3 is 2.80 bits per heavy atom. The van der Waals surface area contributed by atoms with Crippen molar-refractivity contribution in [2.24, 2.45) is 0 Å². The summed E-state index contributed by atoms with van der Waals surface area (Å²) < 4.78 is 14.6. The largest absolute Gasteiger partial charge is 0.477 e. The van der Waals surface area contributed by atoms with Gasteiger partial charge in [-0.05, 0) is 25.1 Å². The van der Waals surface area contributed by atoms with E-state index in [1.807, 2.05) is 0 Å². The van der Waals surface area contributed by atoms with E-state index in [4.69, 9.17) is 16.7 Å². The van der Waals surface area contributed by atoms with E-state index in [1.165, 1.54) is 24.3 Å². The lowest BCUT2D eigenvalue weighted by Gasteiger charge is -2.09. The highest BCUT2D eigenvalue weighted by molar-refractivity contribution is 6.31. The van der Waals surface area contributed by atoms with E-state index in [0.29, 0.717) is 5.69 Å². The monoisotopic (exact) mass is 296 g/mol. The van der Waals surface area contributed by atoms with Gasteiger partial charge in [-0.2, -0.15) is 5.10 Å². The summed E-state index contributed by atoms with van der Waals surface area (Å²) in [5.74, 6) is -1.93. The number of carboxylic acids is 1. The van der Waals surface area contributed by atoms with Crippen molar-refractivity contribution >= 4 is 17.6 Å². The van der Waals surface area contributed by atoms with E-state index < -0.39 is 22.9 Å². The molecule has 0 aliphatic carbocycles. The SMILES string of the molecule is Cc1cc(C(=O)O)c(=O)n(Cc2c(F)cccc2Cl)n1. The third kappa shape index (κ3) is 2.70. The molecule has 5 nitrogen and oxygen atoms in total. The summed E-state index contributed by atoms with van der Waals surface area (Å²) in [4.78, 5) is 22.9. The van der Waals surface area contributed by atoms with Crippen LogP contribution in [-0.2, 0) is 6.54 Å². The third-order valence-electron chi connectivity index (χ3n) is 2.70. The lowest BCUT2D eigenvalue weighted by Crippen LogP contribution is -2.29. The first-order valence-electron chi connectivity index (χ1n) is 5.65. The first-order chi connectivity index (χ1) is 9.40. The molecule has 0 atom stereocenters. The molecule has 2 rings (SSSR count). The van der Waals surface area contributed by atoms with Gasteiger partial charge in [-0.15, -0.1) is 0 Å². The van der Waals surface area contributed by atoms with Crippen LogP contribution >= 0.6 is 11.6 Å². The molecule has 104 valence electrons. The van der Waals surface area contributed by atoms with E-state index >= 15 is 0 Å². The van der Waals surface area contributed by atoms with E-state index in [2.05, 4.69) is 5.10 Å². The van der Waals surface area contributed by atoms with Crippen LogP contribution in [0.4, 0.5) is 4.39 Å². The number of benzene rings is 1. The molecule has 1 heterocycles. The molecule has 0 aliphatic heterocycles. The molecule has 0 radical (unpaired) electrons. The van der Waals surface area contributed by atoms with Crippen LogP contribution in [0.2, 0.25) is 5.02 Å². The number of hydrogen-bond acceptors (Lipinski definition) is 3. The van der Waals surface area contributed by atoms with Crippen LogP contribution in [0.5, 0.6) is 0 Å². The zero-order valence-corrected chi connectivity index (χ0v) is 11.2. The first kappa shape index (κ1) is 14.2. The average molecular weight is 297 g/mol. The second-order valence-corrected chi connectivity index (χ2v) is 4.57. The molecule has 0 saturated heterocycles. The number of halogens is 2. The third-order valence-corrected chi connectivity index (χ3v) is 3.05. The number of aromatic carboxylic acids is 1. The second kappa shape index (κ2) is 5.42. The average Bonchev–Trinajstić information content (AvgIpc) is 2.37. The predicted molar refractivity (Wildman–Crippen MR) is 70.7 cm³/mol. The van der Waals surface area contributed by atoms with Crippen molar-refractivity contribution in [3.05, 3.63) is 62.3 Å². The second-order valence-electron chi connectivity index (χ2n) is 4.17. The van der Waals surface area contributed by atoms with E-state index in [1.54, 1.807) is 6.92 Å². The van der Waals surface area contributed by atoms with E-state index in [9.17, 15) is 14.0 Å². The molecule has 20 heavy (non-hydrogen) atoms. The van der Waals surface area contributed by atoms with Crippen molar-refractivity contribution in [1.29, 1.82) is 0 Å². The first-order valence-corrected chi connectivity index (χ1v) is 6.03. The van der Waals surface area contributed by atoms with Crippen LogP contribution in [0, 0.1) is 12.7 Å². The van der Waals surface area contributed by atoms with Gasteiger partial charge in [0.25, 0.3) is 5.56 Å². The van der Waals surface area contributed by atoms with Gasteiger partial charge in [0.2, 0.25) is 0 Å². The van der Waals surface area contributed by atoms with Crippen molar-refractivity contribution in [1.82, 2.24) is 9.78 Å². The van der Waals surface area contributed by atoms with Crippen LogP contribution in [0.1, 0.15) is 21.6 Å². The molecule has 0 amide bonds. The van der Waals surface area contributed by atoms with Crippen LogP contribution < -0.4 is 5.56 Å². The van der Waals surface area contributed by atoms with Crippen LogP contribution in [-0.4, -0.2) is 20.9 Å². The van der Waals surface area contributed by atoms with Crippen LogP contribution in [0.3, 0.4) is 0 Å². The van der Waals surface area contributed by atoms with Gasteiger partial charge in [0.1, 0.15) is 11.4 Å². The Labute approximate surface area is 118 Å². The van der Waals surface area contributed by atoms with Gasteiger partial charge < -0.3 is 5.11 Å². The van der Waals surface area contributed by atoms with Gasteiger partial charge in [-0.1, -0.05) is 17.7 Å². The Bertz CT molecular complexity index is 723. The Balaban J connectivity index is 2.55. The summed E-state index contributed by atoms with van der Waals surface area (Å²) in [6.45, 7) is 1.32. The Hall–Kier alpha value is -2.21. The van der Waals surface area contributed by atoms with Gasteiger partial charge in [-0.3, -0.25) is 4.79 Å². The van der Waals surface area contributed by atoms with Gasteiger partial charge in [-0.25, -0.2) is 13.9 Å². The maximum absolute atomic E-state index is 13.7. The molecule has 1 N–H and O–H groups in total. The smallest absolute Gasteiger partial charge is 0.341 e. The van der Waals surface area contributed by atoms with E-state index in [0.717, 1.165) is 4.68 Å². The number of rotatable bonds is 3. The maximum atomic E-state index is 13.7. The highest BCUT2D eigenvalue weighted by atomic mass is 35.5. The molecule has 1 aromatic heterocycles. The highest BCUT2D eigenvalue weighted by Crippen LogP contribution is 2.19. The molecular formula is C13H10ClFN2O3. The van der Waals surface area contributed by atoms with Gasteiger partial charge in [0, 0.05) is 10.6 Å². The predicted octanol–water partition coefficient (Wildman–Crippen LogP) is 2.09. The summed E-state index contributed by atoms with van der Waals surface area (Å²) in [7, 11) is 0. The fourth-order valence-electron chi connectivity index (χ4n) is 1.77. The van der Waals surface area contributed by atoms with Crippen molar-refractivity contribution < 1.29 is 14.3 Å². The minimum Gasteiger partial charge on any atom is -0.477 e. The molecule has 0 bridgehead atoms. The molecule has 7 heteroatoms. The van der Waals surface area contributed by atoms with Crippen LogP contribution in [0.25, 0.3) is 0 Å². The lowest BCUT2D eigenvalue weighted by molar-refractivity contribution is 0.0693. The number of nitrogens with zero attached hydrogens (tertiary/aromatic N) is 2. The summed E-state index contributed by atoms with van der Waals surface area (Å²) in [6.07, 6.45) is 0. The van der Waals surface area contributed by atoms with Crippen LogP contribution in [0.15, 0.2) is 29.1 Å². The minimum atomic E-state index is -1.35. The molecule has 2 aromatic rings. The molecular weight excluding hydrogens is 287 g/mol. The van der Waals surface area contributed by atoms with Crippen molar-refractivity contribution in [2.75, 3.05) is 0 Å². The zero-order valence-electron chi connectivity index (χ0n) is 10.4. The van der Waals surface area contributed by atoms with E-state index in [-0.39, 0.29) is 17.1 Å². The maximum Gasteiger partial charge on any atom is 0.341 e. The topological polar surface area (TPSA) is 72.2 Å². The van der Waals surface area contributed by atoms with Gasteiger partial charge in [0.15, 0.2) is 0 Å². The minimum absolute atomic E-state index is 0.0886. The van der Waals surface area contributed by atoms with Gasteiger partial charge in [0.05, 0.1) is 12.2 Å². The normalized spacial score (nSPS) is 10.6. The molecule has 0 fully saturated rings. The highest BCUT2D eigenvalue weighted by Gasteiger charge is 2.15. The molecule has 1 aromatic carbocycles. The zero-order chi connectivity index (χ0) is 14.9. The van der Waals surface area contributed by atoms with Gasteiger partial charge >= 0.3 is 5.97 Å². The molecule has 0 saturated carbocycles. The van der Waals surface area contributed by atoms with Crippen molar-refractivity contribution in [3.8, 4) is 0 Å². The van der Waals surface area contributed by atoms with Crippen molar-refractivity contribution in [3.63, 3.8) is 0 Å². The lowest BCUT2D eigenvalue weighted by atomic mass is 10.2. The number of carbonyl (C=O) groups is 1. The molecule has 0 aliphatic rings. The summed E-state index contributed by atoms with van der Waals surface area (Å²) in [5, 5.41) is 13.0. The quantitative estimate of drug-likeness (QED) is 0.941. The Morgan fingerprint density at radius 1 is 1.50 bits per heavy atom. The summed E-state index contributed by atoms with van der Waals surface area (Å²) in [5.41, 5.74) is -0.785. The fraction of sp³-hybridized carbons (Fsp3) is 0.154. The summed E-state index contributed by atoms with van der Waals surface area (Å²) >= 11 is 5.87. The number of hydrogen-bond donors (Lipinski definition) is 1. The Morgan fingerprint density at radius 2 is 2.20 bits per heavy atom. The molecule has 0 spiro atoms. The summed E-state index contributed by atoms with van der Waals surface area (Å²) in [6, 6.07) is 5.31. The molecule has 0 unspecified atom stereocenters. The number of aryl methyl sites for hydroxylation is 1. The fourth-order valence-corrected chi connectivity index (χ4v) is 1.99. The standard InChI is InChI=1S/C13H10ClFN2O3/c1-7-5-8(13(19)20)12(18)17(16-7)6-9-10(14)3-2-4-11(9)15/h2-5H,6H2,1H3,(H,19,20).